The summed E-state index contributed by atoms with van der Waals surface area (Å²) >= 11 is 0. The molecule has 2 unspecified atom stereocenters. The Hall–Kier alpha value is -2.41. The van der Waals surface area contributed by atoms with E-state index < -0.39 is 27.8 Å². The first kappa shape index (κ1) is 18.9. The number of carbonyl (C=O) groups is 1. The normalized spacial score (nSPS) is 13.8. The van der Waals surface area contributed by atoms with Crippen LogP contribution in [-0.4, -0.2) is 26.6 Å². The smallest absolute Gasteiger partial charge is 0.244 e. The number of nitrogens with one attached hydrogen (secondary N) is 1. The minimum atomic E-state index is -3.85. The topological polar surface area (TPSA) is 66.5 Å². The number of halogens is 1. The Kier molecular flexibility index (Phi) is 5.79. The van der Waals surface area contributed by atoms with Crippen LogP contribution in [0.1, 0.15) is 25.5 Å². The number of hydrogen-bond donors (Lipinski definition) is 1. The molecule has 0 heterocycles. The second kappa shape index (κ2) is 7.65. The molecule has 0 aromatic heterocycles. The lowest BCUT2D eigenvalue weighted by Crippen LogP contribution is -2.48. The van der Waals surface area contributed by atoms with Crippen molar-refractivity contribution in [2.75, 3.05) is 10.6 Å². The van der Waals surface area contributed by atoms with Crippen LogP contribution < -0.4 is 9.62 Å². The van der Waals surface area contributed by atoms with E-state index >= 15 is 0 Å². The summed E-state index contributed by atoms with van der Waals surface area (Å²) in [5.74, 6) is -1.21. The van der Waals surface area contributed by atoms with Gasteiger partial charge in [0.2, 0.25) is 15.9 Å². The Morgan fingerprint density at radius 2 is 1.60 bits per heavy atom. The molecule has 0 saturated carbocycles. The zero-order valence-corrected chi connectivity index (χ0v) is 15.1. The van der Waals surface area contributed by atoms with Gasteiger partial charge in [0.05, 0.1) is 18.0 Å². The summed E-state index contributed by atoms with van der Waals surface area (Å²) in [6.45, 7) is 3.23. The van der Waals surface area contributed by atoms with E-state index in [0.717, 1.165) is 22.2 Å². The van der Waals surface area contributed by atoms with Crippen LogP contribution in [0.3, 0.4) is 0 Å². The zero-order chi connectivity index (χ0) is 18.6. The van der Waals surface area contributed by atoms with E-state index in [1.54, 1.807) is 6.92 Å². The molecule has 7 heteroatoms. The molecule has 1 N–H and O–H groups in total. The van der Waals surface area contributed by atoms with Gasteiger partial charge in [0.1, 0.15) is 11.9 Å². The van der Waals surface area contributed by atoms with E-state index in [4.69, 9.17) is 0 Å². The third kappa shape index (κ3) is 4.57. The van der Waals surface area contributed by atoms with Crippen molar-refractivity contribution in [3.8, 4) is 0 Å². The summed E-state index contributed by atoms with van der Waals surface area (Å²) in [6.07, 6.45) is 0.948. The van der Waals surface area contributed by atoms with Crippen LogP contribution >= 0.6 is 0 Å². The maximum Gasteiger partial charge on any atom is 0.244 e. The van der Waals surface area contributed by atoms with Crippen molar-refractivity contribution < 1.29 is 17.6 Å². The summed E-state index contributed by atoms with van der Waals surface area (Å²) in [5, 5.41) is 2.77. The molecule has 0 fully saturated rings. The summed E-state index contributed by atoms with van der Waals surface area (Å²) in [5.41, 5.74) is 0.736. The fourth-order valence-corrected chi connectivity index (χ4v) is 3.75. The van der Waals surface area contributed by atoms with Gasteiger partial charge in [-0.25, -0.2) is 12.8 Å². The van der Waals surface area contributed by atoms with Crippen LogP contribution in [0.4, 0.5) is 10.1 Å². The van der Waals surface area contributed by atoms with E-state index in [1.165, 1.54) is 25.1 Å². The monoisotopic (exact) mass is 364 g/mol. The lowest BCUT2D eigenvalue weighted by molar-refractivity contribution is -0.122. The van der Waals surface area contributed by atoms with E-state index in [0.29, 0.717) is 0 Å². The summed E-state index contributed by atoms with van der Waals surface area (Å²) in [7, 11) is -3.85. The molecule has 2 aromatic rings. The Morgan fingerprint density at radius 1 is 1.04 bits per heavy atom. The van der Waals surface area contributed by atoms with Crippen LogP contribution in [0.25, 0.3) is 0 Å². The van der Waals surface area contributed by atoms with Gasteiger partial charge < -0.3 is 5.32 Å². The van der Waals surface area contributed by atoms with Crippen molar-refractivity contribution >= 4 is 21.6 Å². The Balaban J connectivity index is 2.26. The van der Waals surface area contributed by atoms with Crippen molar-refractivity contribution in [2.45, 2.75) is 25.9 Å². The molecular weight excluding hydrogens is 343 g/mol. The molecule has 0 saturated heterocycles. The van der Waals surface area contributed by atoms with Crippen LogP contribution in [-0.2, 0) is 14.8 Å². The average Bonchev–Trinajstić information content (AvgIpc) is 2.56. The maximum atomic E-state index is 14.1. The molecule has 0 aliphatic carbocycles. The molecule has 0 bridgehead atoms. The van der Waals surface area contributed by atoms with Gasteiger partial charge in [0, 0.05) is 0 Å². The molecule has 25 heavy (non-hydrogen) atoms. The number of nitrogens with zero attached hydrogens (tertiary/aromatic N) is 1. The summed E-state index contributed by atoms with van der Waals surface area (Å²) in [4.78, 5) is 12.6. The average molecular weight is 364 g/mol. The highest BCUT2D eigenvalue weighted by Crippen LogP contribution is 2.24. The number of amides is 1. The van der Waals surface area contributed by atoms with Crippen molar-refractivity contribution in [1.82, 2.24) is 5.32 Å². The second-order valence-electron chi connectivity index (χ2n) is 5.83. The van der Waals surface area contributed by atoms with E-state index in [1.807, 2.05) is 30.3 Å². The Bertz CT molecular complexity index is 840. The van der Waals surface area contributed by atoms with Gasteiger partial charge >= 0.3 is 0 Å². The predicted molar refractivity (Wildman–Crippen MR) is 96.2 cm³/mol. The number of anilines is 1. The number of benzene rings is 2. The highest BCUT2D eigenvalue weighted by atomic mass is 32.2. The molecule has 2 rings (SSSR count). The lowest BCUT2D eigenvalue weighted by Gasteiger charge is -2.29. The van der Waals surface area contributed by atoms with Gasteiger partial charge in [-0.2, -0.15) is 0 Å². The van der Waals surface area contributed by atoms with Crippen LogP contribution in [0, 0.1) is 5.82 Å². The summed E-state index contributed by atoms with van der Waals surface area (Å²) in [6, 6.07) is 13.4. The molecule has 0 radical (unpaired) electrons. The van der Waals surface area contributed by atoms with E-state index in [-0.39, 0.29) is 11.7 Å². The molecule has 134 valence electrons. The predicted octanol–water partition coefficient (Wildman–Crippen LogP) is 2.86. The first-order valence-electron chi connectivity index (χ1n) is 7.81. The highest BCUT2D eigenvalue weighted by Gasteiger charge is 2.31. The van der Waals surface area contributed by atoms with Gasteiger partial charge in [0.25, 0.3) is 0 Å². The van der Waals surface area contributed by atoms with Crippen LogP contribution in [0.5, 0.6) is 0 Å². The molecule has 2 atom stereocenters. The molecule has 5 nitrogen and oxygen atoms in total. The van der Waals surface area contributed by atoms with Crippen molar-refractivity contribution in [3.05, 3.63) is 66.0 Å². The van der Waals surface area contributed by atoms with Gasteiger partial charge in [-0.1, -0.05) is 42.5 Å². The first-order valence-corrected chi connectivity index (χ1v) is 9.66. The quantitative estimate of drug-likeness (QED) is 0.857. The van der Waals surface area contributed by atoms with Crippen molar-refractivity contribution in [1.29, 1.82) is 0 Å². The molecular formula is C18H21FN2O3S. The van der Waals surface area contributed by atoms with Gasteiger partial charge in [-0.3, -0.25) is 9.10 Å². The van der Waals surface area contributed by atoms with Crippen molar-refractivity contribution in [3.63, 3.8) is 0 Å². The number of para-hydroxylation sites is 1. The minimum absolute atomic E-state index is 0.153. The van der Waals surface area contributed by atoms with Crippen molar-refractivity contribution in [2.24, 2.45) is 0 Å². The van der Waals surface area contributed by atoms with Crippen LogP contribution in [0.15, 0.2) is 54.6 Å². The number of rotatable bonds is 6. The Morgan fingerprint density at radius 3 is 2.16 bits per heavy atom. The SMILES string of the molecule is CC(NC(=O)C(C)N(c1ccccc1F)S(C)(=O)=O)c1ccccc1. The fourth-order valence-electron chi connectivity index (χ4n) is 2.57. The largest absolute Gasteiger partial charge is 0.348 e. The third-order valence-corrected chi connectivity index (χ3v) is 5.06. The Labute approximate surface area is 147 Å². The molecule has 2 aromatic carbocycles. The molecule has 0 aliphatic rings. The standard InChI is InChI=1S/C18H21FN2O3S/c1-13(15-9-5-4-6-10-15)20-18(22)14(2)21(25(3,23)24)17-12-8-7-11-16(17)19/h4-14H,1-3H3,(H,20,22). The van der Waals surface area contributed by atoms with E-state index in [9.17, 15) is 17.6 Å². The van der Waals surface area contributed by atoms with E-state index in [2.05, 4.69) is 5.32 Å². The van der Waals surface area contributed by atoms with Gasteiger partial charge in [0.15, 0.2) is 0 Å². The second-order valence-corrected chi connectivity index (χ2v) is 7.69. The lowest BCUT2D eigenvalue weighted by atomic mass is 10.1. The van der Waals surface area contributed by atoms with Crippen LogP contribution in [0.2, 0.25) is 0 Å². The molecule has 0 spiro atoms. The maximum absolute atomic E-state index is 14.1. The number of carbonyl (C=O) groups excluding carboxylic acids is 1. The third-order valence-electron chi connectivity index (χ3n) is 3.84. The minimum Gasteiger partial charge on any atom is -0.348 e. The molecule has 0 aliphatic heterocycles. The number of hydrogen-bond acceptors (Lipinski definition) is 3. The highest BCUT2D eigenvalue weighted by molar-refractivity contribution is 7.92. The number of sulfonamides is 1. The molecule has 1 amide bonds. The summed E-state index contributed by atoms with van der Waals surface area (Å²) < 4.78 is 39.2. The fraction of sp³-hybridized carbons (Fsp3) is 0.278. The zero-order valence-electron chi connectivity index (χ0n) is 14.3. The van der Waals surface area contributed by atoms with Gasteiger partial charge in [-0.05, 0) is 31.5 Å². The van der Waals surface area contributed by atoms with Gasteiger partial charge in [-0.15, -0.1) is 0 Å². The first-order chi connectivity index (χ1) is 11.7.